The van der Waals surface area contributed by atoms with Crippen LogP contribution in [0.3, 0.4) is 0 Å². The standard InChI is InChI=1S/C49H36N4O2.C7H8.CH3N/c50-41-27-47-40(25-35(41)33-15-7-9-17-42(33)52-49(51)29-11-3-1-4-12-29)38-24-31(20-22-46(38)55-47)30-19-21-43-36(23-30)37-26-39-34-16-8-10-18-45(34)54-48(39)28-44(37)53(43)32-13-5-2-6-14-32;1-7-5-3-2-4-6-7;1-2/h1-7,9-15,17-28,49,52H,8,16,50-51H2;2-6H,1H3;2H,1H2. The van der Waals surface area contributed by atoms with E-state index in [4.69, 9.17) is 25.7 Å². The number of nitrogens with zero attached hydrogens (tertiary/aromatic N) is 1. The van der Waals surface area contributed by atoms with Gasteiger partial charge >= 0.3 is 0 Å². The lowest BCUT2D eigenvalue weighted by molar-refractivity contribution is 0.595. The number of nitrogen functional groups attached to an aromatic ring is 1. The highest BCUT2D eigenvalue weighted by Gasteiger charge is 2.21. The number of fused-ring (bicyclic) bond motifs is 9. The summed E-state index contributed by atoms with van der Waals surface area (Å²) in [4.78, 5) is 0. The summed E-state index contributed by atoms with van der Waals surface area (Å²) < 4.78 is 15.2. The smallest absolute Gasteiger partial charge is 0.137 e. The number of aromatic nitrogens is 1. The Morgan fingerprint density at radius 3 is 1.98 bits per heavy atom. The number of rotatable bonds is 6. The summed E-state index contributed by atoms with van der Waals surface area (Å²) in [5.41, 5.74) is 28.6. The molecule has 0 fully saturated rings. The topological polar surface area (TPSA) is 119 Å². The molecule has 8 aromatic carbocycles. The number of nitrogens with two attached hydrogens (primary N) is 2. The first-order valence-corrected chi connectivity index (χ1v) is 21.5. The number of allylic oxidation sites excluding steroid dienone is 1. The predicted octanol–water partition coefficient (Wildman–Crippen LogP) is 14.6. The largest absolute Gasteiger partial charge is 0.456 e. The van der Waals surface area contributed by atoms with E-state index in [1.54, 1.807) is 0 Å². The zero-order valence-electron chi connectivity index (χ0n) is 35.5. The van der Waals surface area contributed by atoms with E-state index < -0.39 is 0 Å². The Morgan fingerprint density at radius 1 is 0.594 bits per heavy atom. The van der Waals surface area contributed by atoms with Crippen LogP contribution in [-0.4, -0.2) is 11.3 Å². The molecule has 3 aromatic heterocycles. The molecule has 64 heavy (non-hydrogen) atoms. The molecule has 1 unspecified atom stereocenters. The second-order valence-corrected chi connectivity index (χ2v) is 16.1. The van der Waals surface area contributed by atoms with Crippen molar-refractivity contribution >= 4 is 78.9 Å². The zero-order chi connectivity index (χ0) is 43.7. The lowest BCUT2D eigenvalue weighted by atomic mass is 9.97. The highest BCUT2D eigenvalue weighted by Crippen LogP contribution is 2.43. The van der Waals surface area contributed by atoms with E-state index in [0.29, 0.717) is 5.69 Å². The van der Waals surface area contributed by atoms with Gasteiger partial charge in [-0.15, -0.1) is 0 Å². The number of hydrogen-bond acceptors (Lipinski definition) is 6. The van der Waals surface area contributed by atoms with Crippen molar-refractivity contribution in [3.63, 3.8) is 0 Å². The third kappa shape index (κ3) is 7.27. The Balaban J connectivity index is 0.000000489. The summed E-state index contributed by atoms with van der Waals surface area (Å²) in [6.07, 6.45) is 5.96. The van der Waals surface area contributed by atoms with Crippen LogP contribution in [0.2, 0.25) is 0 Å². The minimum Gasteiger partial charge on any atom is -0.456 e. The van der Waals surface area contributed by atoms with Crippen molar-refractivity contribution in [1.29, 1.82) is 5.41 Å². The Morgan fingerprint density at radius 2 is 1.23 bits per heavy atom. The average molecular weight is 834 g/mol. The molecule has 12 rings (SSSR count). The molecule has 0 aliphatic heterocycles. The maximum absolute atomic E-state index is 6.75. The van der Waals surface area contributed by atoms with Crippen molar-refractivity contribution in [1.82, 2.24) is 4.57 Å². The minimum absolute atomic E-state index is 0.378. The summed E-state index contributed by atoms with van der Waals surface area (Å²) >= 11 is 0. The number of aryl methyl sites for hydroxylation is 2. The Hall–Kier alpha value is -8.13. The number of furan rings is 2. The molecule has 0 spiro atoms. The monoisotopic (exact) mass is 833 g/mol. The molecule has 0 saturated carbocycles. The van der Waals surface area contributed by atoms with Gasteiger partial charge < -0.3 is 35.6 Å². The summed E-state index contributed by atoms with van der Waals surface area (Å²) in [6.45, 7) is 4.58. The van der Waals surface area contributed by atoms with Gasteiger partial charge in [-0.05, 0) is 104 Å². The number of para-hydroxylation sites is 2. The second kappa shape index (κ2) is 17.0. The van der Waals surface area contributed by atoms with Crippen molar-refractivity contribution in [3.05, 3.63) is 204 Å². The van der Waals surface area contributed by atoms with Crippen LogP contribution in [-0.2, 0) is 6.42 Å². The van der Waals surface area contributed by atoms with E-state index in [9.17, 15) is 0 Å². The molecule has 3 heterocycles. The Bertz CT molecular complexity index is 3490. The number of anilines is 2. The maximum Gasteiger partial charge on any atom is 0.137 e. The highest BCUT2D eigenvalue weighted by molar-refractivity contribution is 6.15. The van der Waals surface area contributed by atoms with E-state index in [0.717, 1.165) is 96.3 Å². The fourth-order valence-electron chi connectivity index (χ4n) is 9.07. The number of nitrogens with one attached hydrogen (secondary N) is 2. The van der Waals surface area contributed by atoms with Crippen LogP contribution in [0.5, 0.6) is 0 Å². The summed E-state index contributed by atoms with van der Waals surface area (Å²) in [5, 5.41) is 14.7. The molecule has 1 aliphatic rings. The average Bonchev–Trinajstić information content (AvgIpc) is 4.00. The molecular weight excluding hydrogens is 787 g/mol. The van der Waals surface area contributed by atoms with Gasteiger partial charge in [0.15, 0.2) is 0 Å². The van der Waals surface area contributed by atoms with Gasteiger partial charge in [-0.1, -0.05) is 121 Å². The van der Waals surface area contributed by atoms with Gasteiger partial charge in [-0.2, -0.15) is 0 Å². The highest BCUT2D eigenvalue weighted by atomic mass is 16.3. The van der Waals surface area contributed by atoms with Gasteiger partial charge in [0.1, 0.15) is 28.7 Å². The molecule has 0 amide bonds. The van der Waals surface area contributed by atoms with E-state index >= 15 is 0 Å². The van der Waals surface area contributed by atoms with Crippen molar-refractivity contribution in [2.45, 2.75) is 25.9 Å². The van der Waals surface area contributed by atoms with Crippen molar-refractivity contribution in [3.8, 4) is 27.9 Å². The van der Waals surface area contributed by atoms with Gasteiger partial charge in [0, 0.05) is 72.8 Å². The molecule has 0 radical (unpaired) electrons. The fourth-order valence-corrected chi connectivity index (χ4v) is 9.07. The van der Waals surface area contributed by atoms with E-state index in [2.05, 4.69) is 139 Å². The van der Waals surface area contributed by atoms with Gasteiger partial charge in [0.2, 0.25) is 0 Å². The third-order valence-corrected chi connectivity index (χ3v) is 12.2. The maximum atomic E-state index is 6.75. The molecule has 11 aromatic rings. The summed E-state index contributed by atoms with van der Waals surface area (Å²) in [7, 11) is 0. The molecule has 0 saturated heterocycles. The van der Waals surface area contributed by atoms with Gasteiger partial charge in [-0.25, -0.2) is 0 Å². The quantitative estimate of drug-likeness (QED) is 0.0756. The van der Waals surface area contributed by atoms with Crippen molar-refractivity contribution < 1.29 is 8.83 Å². The summed E-state index contributed by atoms with van der Waals surface area (Å²) in [6, 6.07) is 60.9. The normalized spacial score (nSPS) is 12.5. The fraction of sp³-hybridized carbons (Fsp3) is 0.0702. The van der Waals surface area contributed by atoms with Crippen molar-refractivity contribution in [2.24, 2.45) is 5.73 Å². The first-order valence-electron chi connectivity index (χ1n) is 21.5. The second-order valence-electron chi connectivity index (χ2n) is 16.1. The summed E-state index contributed by atoms with van der Waals surface area (Å²) in [5.74, 6) is 0.978. The molecule has 7 heteroatoms. The molecule has 6 N–H and O–H groups in total. The molecule has 7 nitrogen and oxygen atoms in total. The molecule has 1 atom stereocenters. The van der Waals surface area contributed by atoms with Crippen LogP contribution in [0.4, 0.5) is 11.4 Å². The van der Waals surface area contributed by atoms with E-state index in [-0.39, 0.29) is 6.17 Å². The number of benzene rings is 8. The van der Waals surface area contributed by atoms with Gasteiger partial charge in [-0.3, -0.25) is 0 Å². The van der Waals surface area contributed by atoms with Gasteiger partial charge in [0.25, 0.3) is 0 Å². The lowest BCUT2D eigenvalue weighted by Crippen LogP contribution is -2.20. The Labute approximate surface area is 371 Å². The number of hydrogen-bond donors (Lipinski definition) is 4. The van der Waals surface area contributed by atoms with Gasteiger partial charge in [0.05, 0.1) is 11.0 Å². The van der Waals surface area contributed by atoms with Crippen molar-refractivity contribution in [2.75, 3.05) is 11.1 Å². The molecule has 1 aliphatic carbocycles. The first kappa shape index (κ1) is 40.0. The molecule has 312 valence electrons. The van der Waals surface area contributed by atoms with Crippen LogP contribution in [0, 0.1) is 12.3 Å². The van der Waals surface area contributed by atoms with Crippen LogP contribution < -0.4 is 16.8 Å². The Kier molecular flexibility index (Phi) is 10.6. The molecular formula is C57H47N5O2. The first-order chi connectivity index (χ1) is 31.5. The van der Waals surface area contributed by atoms with Crippen LogP contribution in [0.25, 0.3) is 88.7 Å². The van der Waals surface area contributed by atoms with E-state index in [1.165, 1.54) is 27.3 Å². The van der Waals surface area contributed by atoms with Crippen LogP contribution in [0.15, 0.2) is 191 Å². The van der Waals surface area contributed by atoms with E-state index in [1.807, 2.05) is 72.8 Å². The zero-order valence-corrected chi connectivity index (χ0v) is 35.5. The molecule has 0 bridgehead atoms. The third-order valence-electron chi connectivity index (χ3n) is 12.2. The predicted molar refractivity (Wildman–Crippen MR) is 268 cm³/mol. The lowest BCUT2D eigenvalue weighted by Gasteiger charge is -2.19. The van der Waals surface area contributed by atoms with Crippen LogP contribution in [0.1, 0.15) is 35.0 Å². The SMILES string of the molecule is C=N.Cc1ccccc1.Nc1cc2oc3ccc(-c4ccc5c(c4)c4cc6c7c(oc6cc4n5-c4ccccc4)C=CCC7)cc3c2cc1-c1ccccc1NC(N)c1ccccc1. The van der Waals surface area contributed by atoms with Crippen LogP contribution >= 0.6 is 0 Å². The minimum atomic E-state index is -0.378.